The molecule has 15 heavy (non-hydrogen) atoms. The number of amides is 1. The van der Waals surface area contributed by atoms with E-state index in [1.807, 2.05) is 18.7 Å². The lowest BCUT2D eigenvalue weighted by atomic mass is 10.2. The van der Waals surface area contributed by atoms with Gasteiger partial charge >= 0.3 is 0 Å². The van der Waals surface area contributed by atoms with Crippen molar-refractivity contribution >= 4 is 17.7 Å². The summed E-state index contributed by atoms with van der Waals surface area (Å²) in [7, 11) is 0. The first-order valence-corrected chi connectivity index (χ1v) is 6.54. The molecule has 0 saturated carbocycles. The average molecular weight is 230 g/mol. The van der Waals surface area contributed by atoms with Crippen molar-refractivity contribution < 1.29 is 4.79 Å². The molecule has 88 valence electrons. The van der Waals surface area contributed by atoms with Crippen molar-refractivity contribution in [1.82, 2.24) is 10.6 Å². The van der Waals surface area contributed by atoms with E-state index in [0.717, 1.165) is 17.9 Å². The molecule has 0 bridgehead atoms. The maximum Gasteiger partial charge on any atom is 0.234 e. The highest BCUT2D eigenvalue weighted by molar-refractivity contribution is 7.99. The van der Waals surface area contributed by atoms with Crippen molar-refractivity contribution in [1.29, 1.82) is 0 Å². The third kappa shape index (κ3) is 9.82. The Hall–Kier alpha value is -0.480. The molecule has 0 aromatic heterocycles. The van der Waals surface area contributed by atoms with E-state index in [2.05, 4.69) is 24.1 Å². The summed E-state index contributed by atoms with van der Waals surface area (Å²) in [4.78, 5) is 11.3. The average Bonchev–Trinajstić information content (AvgIpc) is 2.18. The second-order valence-corrected chi connectivity index (χ2v) is 4.77. The van der Waals surface area contributed by atoms with Crippen LogP contribution in [0.15, 0.2) is 12.7 Å². The van der Waals surface area contributed by atoms with Gasteiger partial charge in [-0.2, -0.15) is 11.8 Å². The highest BCUT2D eigenvalue weighted by atomic mass is 32.2. The van der Waals surface area contributed by atoms with Crippen LogP contribution in [-0.2, 0) is 4.79 Å². The van der Waals surface area contributed by atoms with Crippen molar-refractivity contribution in [2.75, 3.05) is 24.6 Å². The van der Waals surface area contributed by atoms with Crippen LogP contribution in [0.5, 0.6) is 0 Å². The fraction of sp³-hybridized carbons (Fsp3) is 0.727. The maximum absolute atomic E-state index is 11.3. The van der Waals surface area contributed by atoms with Gasteiger partial charge in [0.15, 0.2) is 0 Å². The molecule has 0 saturated heterocycles. The third-order valence-electron chi connectivity index (χ3n) is 1.88. The van der Waals surface area contributed by atoms with Crippen LogP contribution in [0.3, 0.4) is 0 Å². The molecule has 1 atom stereocenters. The topological polar surface area (TPSA) is 41.1 Å². The number of thioether (sulfide) groups is 1. The van der Waals surface area contributed by atoms with E-state index in [1.54, 1.807) is 6.08 Å². The minimum atomic E-state index is 0.0610. The van der Waals surface area contributed by atoms with Gasteiger partial charge in [0, 0.05) is 12.6 Å². The highest BCUT2D eigenvalue weighted by Crippen LogP contribution is 2.03. The summed E-state index contributed by atoms with van der Waals surface area (Å²) in [6, 6.07) is 0.266. The van der Waals surface area contributed by atoms with Crippen LogP contribution in [0.25, 0.3) is 0 Å². The molecule has 1 unspecified atom stereocenters. The van der Waals surface area contributed by atoms with Gasteiger partial charge in [-0.05, 0) is 24.9 Å². The van der Waals surface area contributed by atoms with Crippen molar-refractivity contribution in [2.45, 2.75) is 26.3 Å². The van der Waals surface area contributed by atoms with Crippen LogP contribution in [0.1, 0.15) is 20.3 Å². The first kappa shape index (κ1) is 14.5. The van der Waals surface area contributed by atoms with Gasteiger partial charge in [-0.25, -0.2) is 0 Å². The van der Waals surface area contributed by atoms with Gasteiger partial charge in [0.1, 0.15) is 0 Å². The molecule has 2 N–H and O–H groups in total. The molecule has 0 heterocycles. The minimum absolute atomic E-state index is 0.0610. The largest absolute Gasteiger partial charge is 0.353 e. The van der Waals surface area contributed by atoms with Gasteiger partial charge in [0.2, 0.25) is 5.91 Å². The Morgan fingerprint density at radius 2 is 2.33 bits per heavy atom. The Morgan fingerprint density at radius 1 is 1.60 bits per heavy atom. The van der Waals surface area contributed by atoms with Crippen LogP contribution in [0, 0.1) is 0 Å². The molecular formula is C11H22N2OS. The maximum atomic E-state index is 11.3. The van der Waals surface area contributed by atoms with E-state index in [0.29, 0.717) is 13.1 Å². The lowest BCUT2D eigenvalue weighted by Crippen LogP contribution is -2.39. The SMILES string of the molecule is C=CCNCC(=O)NC(C)CCSCC. The molecule has 0 fully saturated rings. The van der Waals surface area contributed by atoms with Gasteiger partial charge in [0.05, 0.1) is 6.54 Å². The quantitative estimate of drug-likeness (QED) is 0.465. The predicted octanol–water partition coefficient (Wildman–Crippen LogP) is 1.41. The molecule has 0 aliphatic carbocycles. The van der Waals surface area contributed by atoms with E-state index >= 15 is 0 Å². The predicted molar refractivity (Wildman–Crippen MR) is 68.3 cm³/mol. The van der Waals surface area contributed by atoms with E-state index in [4.69, 9.17) is 0 Å². The molecule has 0 aliphatic heterocycles. The zero-order valence-electron chi connectivity index (χ0n) is 9.71. The van der Waals surface area contributed by atoms with Crippen LogP contribution in [-0.4, -0.2) is 36.5 Å². The number of carbonyl (C=O) groups excluding carboxylic acids is 1. The summed E-state index contributed by atoms with van der Waals surface area (Å²) >= 11 is 1.90. The molecule has 0 aliphatic rings. The van der Waals surface area contributed by atoms with Crippen LogP contribution in [0.4, 0.5) is 0 Å². The van der Waals surface area contributed by atoms with Crippen LogP contribution < -0.4 is 10.6 Å². The Balaban J connectivity index is 3.44. The number of carbonyl (C=O) groups is 1. The summed E-state index contributed by atoms with van der Waals surface area (Å²) in [5.41, 5.74) is 0. The molecule has 3 nitrogen and oxygen atoms in total. The van der Waals surface area contributed by atoms with Crippen LogP contribution in [0.2, 0.25) is 0 Å². The zero-order chi connectivity index (χ0) is 11.5. The monoisotopic (exact) mass is 230 g/mol. The molecule has 1 amide bonds. The number of hydrogen-bond acceptors (Lipinski definition) is 3. The molecule has 4 heteroatoms. The van der Waals surface area contributed by atoms with Crippen molar-refractivity contribution in [3.63, 3.8) is 0 Å². The van der Waals surface area contributed by atoms with E-state index in [1.165, 1.54) is 0 Å². The van der Waals surface area contributed by atoms with Crippen molar-refractivity contribution in [3.05, 3.63) is 12.7 Å². The number of nitrogens with one attached hydrogen (secondary N) is 2. The second kappa shape index (κ2) is 10.1. The van der Waals surface area contributed by atoms with Gasteiger partial charge in [0.25, 0.3) is 0 Å². The van der Waals surface area contributed by atoms with Crippen molar-refractivity contribution in [3.8, 4) is 0 Å². The molecular weight excluding hydrogens is 208 g/mol. The number of rotatable bonds is 9. The van der Waals surface area contributed by atoms with E-state index in [-0.39, 0.29) is 11.9 Å². The minimum Gasteiger partial charge on any atom is -0.353 e. The zero-order valence-corrected chi connectivity index (χ0v) is 10.5. The molecule has 0 aromatic rings. The molecule has 0 aromatic carbocycles. The molecule has 0 rings (SSSR count). The molecule has 0 spiro atoms. The summed E-state index contributed by atoms with van der Waals surface area (Å²) in [5, 5.41) is 5.92. The summed E-state index contributed by atoms with van der Waals surface area (Å²) < 4.78 is 0. The van der Waals surface area contributed by atoms with Crippen molar-refractivity contribution in [2.24, 2.45) is 0 Å². The van der Waals surface area contributed by atoms with Gasteiger partial charge in [-0.3, -0.25) is 4.79 Å². The number of hydrogen-bond donors (Lipinski definition) is 2. The first-order chi connectivity index (χ1) is 7.20. The van der Waals surface area contributed by atoms with E-state index in [9.17, 15) is 4.79 Å². The lowest BCUT2D eigenvalue weighted by molar-refractivity contribution is -0.120. The first-order valence-electron chi connectivity index (χ1n) is 5.39. The van der Waals surface area contributed by atoms with Gasteiger partial charge in [-0.15, -0.1) is 6.58 Å². The smallest absolute Gasteiger partial charge is 0.234 e. The standard InChI is InChI=1S/C11H22N2OS/c1-4-7-12-9-11(14)13-10(3)6-8-15-5-2/h4,10,12H,1,5-9H2,2-3H3,(H,13,14). The summed E-state index contributed by atoms with van der Waals surface area (Å²) in [6.45, 7) is 8.81. The normalized spacial score (nSPS) is 12.1. The second-order valence-electron chi connectivity index (χ2n) is 3.37. The summed E-state index contributed by atoms with van der Waals surface area (Å²) in [6.07, 6.45) is 2.78. The molecule has 0 radical (unpaired) electrons. The Kier molecular flexibility index (Phi) is 9.73. The van der Waals surface area contributed by atoms with E-state index < -0.39 is 0 Å². The highest BCUT2D eigenvalue weighted by Gasteiger charge is 2.05. The Bertz CT molecular complexity index is 185. The lowest BCUT2D eigenvalue weighted by Gasteiger charge is -2.13. The summed E-state index contributed by atoms with van der Waals surface area (Å²) in [5.74, 6) is 2.31. The van der Waals surface area contributed by atoms with Crippen LogP contribution >= 0.6 is 11.8 Å². The Morgan fingerprint density at radius 3 is 2.93 bits per heavy atom. The van der Waals surface area contributed by atoms with Gasteiger partial charge < -0.3 is 10.6 Å². The van der Waals surface area contributed by atoms with Gasteiger partial charge in [-0.1, -0.05) is 13.0 Å². The fourth-order valence-corrected chi connectivity index (χ4v) is 1.90. The fourth-order valence-electron chi connectivity index (χ4n) is 1.09. The third-order valence-corrected chi connectivity index (χ3v) is 2.81. The Labute approximate surface area is 97.1 Å².